The summed E-state index contributed by atoms with van der Waals surface area (Å²) in [6.07, 6.45) is 0. The molecule has 0 aliphatic carbocycles. The molecule has 1 unspecified atom stereocenters. The highest BCUT2D eigenvalue weighted by Crippen LogP contribution is 2.18. The average molecular weight is 232 g/mol. The fourth-order valence-corrected chi connectivity index (χ4v) is 2.18. The van der Waals surface area contributed by atoms with Crippen LogP contribution in [0.15, 0.2) is 34.1 Å². The average Bonchev–Trinajstić information content (AvgIpc) is 2.96. The van der Waals surface area contributed by atoms with E-state index >= 15 is 0 Å². The number of nitrogens with zero attached hydrogens (tertiary/aromatic N) is 1. The molecular formula is C12H12N2OS. The van der Waals surface area contributed by atoms with Crippen molar-refractivity contribution in [2.24, 2.45) is 0 Å². The first-order chi connectivity index (χ1) is 7.79. The molecule has 0 amide bonds. The van der Waals surface area contributed by atoms with Crippen molar-refractivity contribution in [2.75, 3.05) is 0 Å². The number of rotatable bonds is 4. The van der Waals surface area contributed by atoms with Gasteiger partial charge in [-0.25, -0.2) is 0 Å². The van der Waals surface area contributed by atoms with Crippen LogP contribution in [0.5, 0.6) is 0 Å². The molecule has 4 heteroatoms. The second-order valence-electron chi connectivity index (χ2n) is 3.50. The van der Waals surface area contributed by atoms with E-state index in [1.165, 1.54) is 4.88 Å². The lowest BCUT2D eigenvalue weighted by Crippen LogP contribution is -2.16. The zero-order valence-corrected chi connectivity index (χ0v) is 9.75. The summed E-state index contributed by atoms with van der Waals surface area (Å²) in [4.78, 5) is 1.30. The van der Waals surface area contributed by atoms with Crippen LogP contribution in [0.25, 0.3) is 0 Å². The van der Waals surface area contributed by atoms with E-state index in [1.807, 2.05) is 18.2 Å². The molecule has 0 saturated heterocycles. The van der Waals surface area contributed by atoms with E-state index in [0.29, 0.717) is 18.3 Å². The van der Waals surface area contributed by atoms with Crippen LogP contribution in [0.4, 0.5) is 0 Å². The minimum Gasteiger partial charge on any atom is -0.449 e. The molecule has 16 heavy (non-hydrogen) atoms. The van der Waals surface area contributed by atoms with E-state index < -0.39 is 0 Å². The molecule has 3 nitrogen and oxygen atoms in total. The van der Waals surface area contributed by atoms with Gasteiger partial charge in [-0.05, 0) is 30.5 Å². The van der Waals surface area contributed by atoms with E-state index in [0.717, 1.165) is 5.76 Å². The topological polar surface area (TPSA) is 49.0 Å². The highest BCUT2D eigenvalue weighted by Gasteiger charge is 2.07. The molecular weight excluding hydrogens is 220 g/mol. The summed E-state index contributed by atoms with van der Waals surface area (Å²) in [5.41, 5.74) is 0. The third-order valence-corrected chi connectivity index (χ3v) is 3.38. The predicted octanol–water partition coefficient (Wildman–Crippen LogP) is 3.06. The van der Waals surface area contributed by atoms with Gasteiger partial charge in [0.05, 0.1) is 6.54 Å². The first-order valence-corrected chi connectivity index (χ1v) is 5.93. The summed E-state index contributed by atoms with van der Waals surface area (Å²) < 4.78 is 5.28. The van der Waals surface area contributed by atoms with Crippen LogP contribution in [0.3, 0.4) is 0 Å². The van der Waals surface area contributed by atoms with Crippen LogP contribution in [-0.4, -0.2) is 0 Å². The van der Waals surface area contributed by atoms with Gasteiger partial charge in [0.1, 0.15) is 11.8 Å². The maximum Gasteiger partial charge on any atom is 0.203 e. The quantitative estimate of drug-likeness (QED) is 0.881. The molecule has 0 fully saturated rings. The first-order valence-electron chi connectivity index (χ1n) is 5.05. The zero-order chi connectivity index (χ0) is 11.4. The fourth-order valence-electron chi connectivity index (χ4n) is 1.42. The molecule has 2 heterocycles. The monoisotopic (exact) mass is 232 g/mol. The Kier molecular flexibility index (Phi) is 3.40. The largest absolute Gasteiger partial charge is 0.449 e. The molecule has 0 bridgehead atoms. The normalized spacial score (nSPS) is 12.2. The Labute approximate surface area is 98.3 Å². The number of nitriles is 1. The maximum atomic E-state index is 8.62. The predicted molar refractivity (Wildman–Crippen MR) is 63.0 cm³/mol. The van der Waals surface area contributed by atoms with Crippen LogP contribution in [0.2, 0.25) is 0 Å². The number of thiophene rings is 1. The molecule has 0 aromatic carbocycles. The number of hydrogen-bond donors (Lipinski definition) is 1. The van der Waals surface area contributed by atoms with Gasteiger partial charge in [0.2, 0.25) is 5.76 Å². The van der Waals surface area contributed by atoms with Gasteiger partial charge >= 0.3 is 0 Å². The minimum atomic E-state index is 0.302. The number of furan rings is 1. The molecule has 1 atom stereocenters. The Morgan fingerprint density at radius 1 is 1.50 bits per heavy atom. The van der Waals surface area contributed by atoms with Crippen LogP contribution in [0.1, 0.15) is 29.4 Å². The summed E-state index contributed by atoms with van der Waals surface area (Å²) in [5, 5.41) is 14.0. The van der Waals surface area contributed by atoms with Crippen molar-refractivity contribution in [2.45, 2.75) is 19.5 Å². The van der Waals surface area contributed by atoms with Gasteiger partial charge in [0.25, 0.3) is 0 Å². The molecule has 2 aromatic heterocycles. The summed E-state index contributed by atoms with van der Waals surface area (Å²) >= 11 is 1.73. The van der Waals surface area contributed by atoms with Crippen LogP contribution >= 0.6 is 11.3 Å². The van der Waals surface area contributed by atoms with Gasteiger partial charge < -0.3 is 9.73 Å². The molecule has 1 N–H and O–H groups in total. The van der Waals surface area contributed by atoms with Crippen molar-refractivity contribution in [3.8, 4) is 6.07 Å². The Morgan fingerprint density at radius 3 is 3.00 bits per heavy atom. The lowest BCUT2D eigenvalue weighted by Gasteiger charge is -2.10. The molecule has 2 aromatic rings. The van der Waals surface area contributed by atoms with Gasteiger partial charge in [0.15, 0.2) is 0 Å². The fraction of sp³-hybridized carbons (Fsp3) is 0.250. The van der Waals surface area contributed by atoms with E-state index in [9.17, 15) is 0 Å². The van der Waals surface area contributed by atoms with Crippen molar-refractivity contribution < 1.29 is 4.42 Å². The first kappa shape index (κ1) is 10.9. The molecule has 0 saturated carbocycles. The lowest BCUT2D eigenvalue weighted by molar-refractivity contribution is 0.455. The molecule has 2 rings (SSSR count). The molecule has 0 spiro atoms. The van der Waals surface area contributed by atoms with Crippen molar-refractivity contribution >= 4 is 11.3 Å². The third-order valence-electron chi connectivity index (χ3n) is 2.32. The Morgan fingerprint density at radius 2 is 2.38 bits per heavy atom. The van der Waals surface area contributed by atoms with Crippen molar-refractivity contribution in [3.05, 3.63) is 46.0 Å². The molecule has 0 aliphatic heterocycles. The smallest absolute Gasteiger partial charge is 0.203 e. The third kappa shape index (κ3) is 2.51. The highest BCUT2D eigenvalue weighted by molar-refractivity contribution is 7.10. The van der Waals surface area contributed by atoms with Gasteiger partial charge in [0, 0.05) is 10.9 Å². The van der Waals surface area contributed by atoms with Crippen LogP contribution in [0, 0.1) is 11.3 Å². The second-order valence-corrected chi connectivity index (χ2v) is 4.48. The van der Waals surface area contributed by atoms with E-state index in [2.05, 4.69) is 23.7 Å². The van der Waals surface area contributed by atoms with Crippen LogP contribution < -0.4 is 5.32 Å². The summed E-state index contributed by atoms with van der Waals surface area (Å²) in [6, 6.07) is 9.93. The van der Waals surface area contributed by atoms with Crippen molar-refractivity contribution in [1.82, 2.24) is 5.32 Å². The van der Waals surface area contributed by atoms with Gasteiger partial charge in [-0.2, -0.15) is 5.26 Å². The minimum absolute atomic E-state index is 0.302. The lowest BCUT2D eigenvalue weighted by atomic mass is 10.2. The zero-order valence-electron chi connectivity index (χ0n) is 8.93. The Hall–Kier alpha value is -1.57. The van der Waals surface area contributed by atoms with Gasteiger partial charge in [-0.3, -0.25) is 0 Å². The summed E-state index contributed by atoms with van der Waals surface area (Å²) in [5.74, 6) is 1.15. The van der Waals surface area contributed by atoms with E-state index in [-0.39, 0.29) is 0 Å². The number of hydrogen-bond acceptors (Lipinski definition) is 4. The second kappa shape index (κ2) is 4.97. The SMILES string of the molecule is CC(NCc1ccc(C#N)o1)c1cccs1. The molecule has 0 aliphatic rings. The Balaban J connectivity index is 1.90. The molecule has 82 valence electrons. The maximum absolute atomic E-state index is 8.62. The highest BCUT2D eigenvalue weighted by atomic mass is 32.1. The van der Waals surface area contributed by atoms with E-state index in [1.54, 1.807) is 17.4 Å². The standard InChI is InChI=1S/C12H12N2OS/c1-9(12-3-2-6-16-12)14-8-11-5-4-10(7-13)15-11/h2-6,9,14H,8H2,1H3. The summed E-state index contributed by atoms with van der Waals surface area (Å²) in [7, 11) is 0. The number of nitrogens with one attached hydrogen (secondary N) is 1. The van der Waals surface area contributed by atoms with Gasteiger partial charge in [-0.1, -0.05) is 6.07 Å². The van der Waals surface area contributed by atoms with Gasteiger partial charge in [-0.15, -0.1) is 11.3 Å². The van der Waals surface area contributed by atoms with Crippen molar-refractivity contribution in [3.63, 3.8) is 0 Å². The van der Waals surface area contributed by atoms with E-state index in [4.69, 9.17) is 9.68 Å². The Bertz CT molecular complexity index is 481. The van der Waals surface area contributed by atoms with Crippen LogP contribution in [-0.2, 0) is 6.54 Å². The molecule has 0 radical (unpaired) electrons. The summed E-state index contributed by atoms with van der Waals surface area (Å²) in [6.45, 7) is 2.75. The van der Waals surface area contributed by atoms with Crippen molar-refractivity contribution in [1.29, 1.82) is 5.26 Å².